The molecule has 0 fully saturated rings. The lowest BCUT2D eigenvalue weighted by atomic mass is 10.1. The average Bonchev–Trinajstić information content (AvgIpc) is 3.06. The van der Waals surface area contributed by atoms with E-state index in [2.05, 4.69) is 4.98 Å². The van der Waals surface area contributed by atoms with Gasteiger partial charge in [0.2, 0.25) is 0 Å². The maximum Gasteiger partial charge on any atom is 0.263 e. The van der Waals surface area contributed by atoms with Gasteiger partial charge in [0.25, 0.3) is 5.91 Å². The van der Waals surface area contributed by atoms with Crippen LogP contribution in [0.25, 0.3) is 10.2 Å². The van der Waals surface area contributed by atoms with Crippen molar-refractivity contribution in [3.05, 3.63) is 58.7 Å². The second-order valence-corrected chi connectivity index (χ2v) is 8.10. The molecule has 0 aliphatic rings. The molecular weight excluding hydrogens is 416 g/mol. The number of hydrogen-bond donors (Lipinski definition) is 0. The monoisotopic (exact) mass is 439 g/mol. The number of nitrogens with zero attached hydrogens (tertiary/aromatic N) is 3. The number of aryl methyl sites for hydroxylation is 2. The smallest absolute Gasteiger partial charge is 0.263 e. The van der Waals surface area contributed by atoms with Crippen LogP contribution in [-0.4, -0.2) is 43.0 Å². The van der Waals surface area contributed by atoms with E-state index in [-0.39, 0.29) is 18.0 Å². The fraction of sp³-hybridized carbons (Fsp3) is 0.333. The molecule has 0 aliphatic heterocycles. The molecule has 0 atom stereocenters. The number of hydrogen-bond acceptors (Lipinski definition) is 4. The van der Waals surface area contributed by atoms with Gasteiger partial charge in [0.1, 0.15) is 11.6 Å². The van der Waals surface area contributed by atoms with Gasteiger partial charge in [0, 0.05) is 12.6 Å². The van der Waals surface area contributed by atoms with Crippen molar-refractivity contribution < 1.29 is 13.6 Å². The molecule has 1 aromatic heterocycles. The summed E-state index contributed by atoms with van der Waals surface area (Å²) in [5, 5.41) is 0.524. The van der Waals surface area contributed by atoms with Gasteiger partial charge in [0.15, 0.2) is 5.13 Å². The zero-order chi connectivity index (χ0) is 20.4. The summed E-state index contributed by atoms with van der Waals surface area (Å²) >= 11 is 1.40. The Bertz CT molecular complexity index is 1020. The van der Waals surface area contributed by atoms with Crippen molar-refractivity contribution in [2.75, 3.05) is 32.1 Å². The Morgan fingerprint density at radius 3 is 2.48 bits per heavy atom. The van der Waals surface area contributed by atoms with Crippen molar-refractivity contribution in [1.29, 1.82) is 0 Å². The number of aromatic nitrogens is 1. The van der Waals surface area contributed by atoms with E-state index in [1.165, 1.54) is 22.3 Å². The highest BCUT2D eigenvalue weighted by Gasteiger charge is 2.24. The molecule has 0 radical (unpaired) electrons. The fourth-order valence-corrected chi connectivity index (χ4v) is 4.02. The van der Waals surface area contributed by atoms with Crippen LogP contribution >= 0.6 is 23.7 Å². The van der Waals surface area contributed by atoms with E-state index in [4.69, 9.17) is 0 Å². The van der Waals surface area contributed by atoms with Gasteiger partial charge in [-0.15, -0.1) is 12.4 Å². The molecule has 3 aromatic rings. The molecule has 1 amide bonds. The SMILES string of the molecule is Cc1ccc2sc(N(CCCN(C)C)C(=O)c3ccc(F)cc3F)nc2c1C.Cl. The molecule has 29 heavy (non-hydrogen) atoms. The van der Waals surface area contributed by atoms with Crippen molar-refractivity contribution in [3.8, 4) is 0 Å². The van der Waals surface area contributed by atoms with Crippen molar-refractivity contribution >= 4 is 45.0 Å². The van der Waals surface area contributed by atoms with Crippen molar-refractivity contribution in [2.24, 2.45) is 0 Å². The Morgan fingerprint density at radius 2 is 1.83 bits per heavy atom. The summed E-state index contributed by atoms with van der Waals surface area (Å²) in [5.41, 5.74) is 2.89. The maximum atomic E-state index is 14.2. The topological polar surface area (TPSA) is 36.4 Å². The predicted molar refractivity (Wildman–Crippen MR) is 118 cm³/mol. The molecule has 0 N–H and O–H groups in total. The second-order valence-electron chi connectivity index (χ2n) is 7.09. The van der Waals surface area contributed by atoms with Gasteiger partial charge in [-0.3, -0.25) is 9.69 Å². The van der Waals surface area contributed by atoms with Crippen LogP contribution in [0, 0.1) is 25.5 Å². The molecule has 0 saturated carbocycles. The van der Waals surface area contributed by atoms with Crippen molar-refractivity contribution in [3.63, 3.8) is 0 Å². The van der Waals surface area contributed by atoms with Crippen LogP contribution in [0.15, 0.2) is 30.3 Å². The van der Waals surface area contributed by atoms with Crippen LogP contribution < -0.4 is 4.90 Å². The third-order valence-electron chi connectivity index (χ3n) is 4.70. The molecule has 0 unspecified atom stereocenters. The number of fused-ring (bicyclic) bond motifs is 1. The van der Waals surface area contributed by atoms with Crippen LogP contribution in [0.4, 0.5) is 13.9 Å². The van der Waals surface area contributed by atoms with Gasteiger partial charge >= 0.3 is 0 Å². The summed E-state index contributed by atoms with van der Waals surface area (Å²) in [5.74, 6) is -2.08. The first-order valence-electron chi connectivity index (χ1n) is 9.06. The Morgan fingerprint density at radius 1 is 1.10 bits per heavy atom. The van der Waals surface area contributed by atoms with Crippen LogP contribution in [0.3, 0.4) is 0 Å². The first kappa shape index (κ1) is 23.2. The minimum absolute atomic E-state index is 0. The van der Waals surface area contributed by atoms with E-state index in [0.717, 1.165) is 40.0 Å². The number of rotatable bonds is 6. The largest absolute Gasteiger partial charge is 0.309 e. The van der Waals surface area contributed by atoms with Gasteiger partial charge in [0.05, 0.1) is 15.8 Å². The van der Waals surface area contributed by atoms with Gasteiger partial charge in [-0.1, -0.05) is 17.4 Å². The summed E-state index contributed by atoms with van der Waals surface area (Å²) in [4.78, 5) is 21.3. The summed E-state index contributed by atoms with van der Waals surface area (Å²) < 4.78 is 28.5. The van der Waals surface area contributed by atoms with E-state index in [9.17, 15) is 13.6 Å². The molecule has 0 saturated heterocycles. The minimum Gasteiger partial charge on any atom is -0.309 e. The summed E-state index contributed by atoms with van der Waals surface area (Å²) in [6.45, 7) is 5.19. The highest BCUT2D eigenvalue weighted by Crippen LogP contribution is 2.33. The predicted octanol–water partition coefficient (Wildman–Crippen LogP) is 5.21. The van der Waals surface area contributed by atoms with E-state index >= 15 is 0 Å². The van der Waals surface area contributed by atoms with E-state index < -0.39 is 17.5 Å². The maximum absolute atomic E-state index is 14.2. The number of benzene rings is 2. The zero-order valence-corrected chi connectivity index (χ0v) is 18.5. The average molecular weight is 440 g/mol. The van der Waals surface area contributed by atoms with Crippen LogP contribution in [0.5, 0.6) is 0 Å². The quantitative estimate of drug-likeness (QED) is 0.529. The Labute approximate surface area is 179 Å². The van der Waals surface area contributed by atoms with Crippen LogP contribution in [0.1, 0.15) is 27.9 Å². The van der Waals surface area contributed by atoms with Gasteiger partial charge in [-0.05, 0) is 70.2 Å². The number of carbonyl (C=O) groups is 1. The second kappa shape index (κ2) is 9.61. The zero-order valence-electron chi connectivity index (χ0n) is 16.8. The van der Waals surface area contributed by atoms with E-state index in [1.807, 2.05) is 45.0 Å². The van der Waals surface area contributed by atoms with Crippen LogP contribution in [0.2, 0.25) is 0 Å². The molecule has 8 heteroatoms. The standard InChI is InChI=1S/C21H23F2N3OS.ClH/c1-13-6-9-18-19(14(13)2)24-21(28-18)26(11-5-10-25(3)4)20(27)16-8-7-15(22)12-17(16)23;/h6-9,12H,5,10-11H2,1-4H3;1H. The van der Waals surface area contributed by atoms with Gasteiger partial charge < -0.3 is 4.90 Å². The first-order valence-corrected chi connectivity index (χ1v) is 9.88. The highest BCUT2D eigenvalue weighted by atomic mass is 35.5. The van der Waals surface area contributed by atoms with Gasteiger partial charge in [-0.2, -0.15) is 0 Å². The molecule has 0 aliphatic carbocycles. The van der Waals surface area contributed by atoms with E-state index in [1.54, 1.807) is 0 Å². The Kier molecular flexibility index (Phi) is 7.68. The Balaban J connectivity index is 0.00000300. The number of halogens is 3. The fourth-order valence-electron chi connectivity index (χ4n) is 2.97. The lowest BCUT2D eigenvalue weighted by molar-refractivity contribution is 0.0982. The lowest BCUT2D eigenvalue weighted by Gasteiger charge is -2.21. The molecule has 1 heterocycles. The first-order chi connectivity index (χ1) is 13.3. The number of anilines is 1. The van der Waals surface area contributed by atoms with E-state index in [0.29, 0.717) is 18.1 Å². The molecule has 4 nitrogen and oxygen atoms in total. The molecule has 0 spiro atoms. The summed E-state index contributed by atoms with van der Waals surface area (Å²) in [6, 6.07) is 7.03. The number of thiazole rings is 1. The molecule has 156 valence electrons. The van der Waals surface area contributed by atoms with Crippen LogP contribution in [-0.2, 0) is 0 Å². The highest BCUT2D eigenvalue weighted by molar-refractivity contribution is 7.22. The summed E-state index contributed by atoms with van der Waals surface area (Å²) in [7, 11) is 3.91. The normalized spacial score (nSPS) is 11.0. The van der Waals surface area contributed by atoms with Crippen molar-refractivity contribution in [1.82, 2.24) is 9.88 Å². The number of amides is 1. The number of carbonyl (C=O) groups excluding carboxylic acids is 1. The molecule has 0 bridgehead atoms. The summed E-state index contributed by atoms with van der Waals surface area (Å²) in [6.07, 6.45) is 0.704. The molecule has 2 aromatic carbocycles. The minimum atomic E-state index is -0.865. The third-order valence-corrected chi connectivity index (χ3v) is 5.74. The third kappa shape index (κ3) is 5.10. The Hall–Kier alpha value is -2.09. The molecule has 3 rings (SSSR count). The lowest BCUT2D eigenvalue weighted by Crippen LogP contribution is -2.34. The van der Waals surface area contributed by atoms with Gasteiger partial charge in [-0.25, -0.2) is 13.8 Å². The van der Waals surface area contributed by atoms with Crippen molar-refractivity contribution in [2.45, 2.75) is 20.3 Å². The molecular formula is C21H24ClF2N3OS.